The molecule has 0 amide bonds. The minimum Gasteiger partial charge on any atom is -0.356 e. The van der Waals surface area contributed by atoms with E-state index in [1.54, 1.807) is 0 Å². The van der Waals surface area contributed by atoms with Gasteiger partial charge in [-0.05, 0) is 76.6 Å². The number of hydrogen-bond donors (Lipinski definition) is 1. The fraction of sp³-hybridized carbons (Fsp3) is 0.0625. The summed E-state index contributed by atoms with van der Waals surface area (Å²) in [5.41, 5.74) is 11.2. The molecule has 0 spiro atoms. The van der Waals surface area contributed by atoms with Crippen molar-refractivity contribution in [2.24, 2.45) is 0 Å². The van der Waals surface area contributed by atoms with Crippen molar-refractivity contribution in [1.82, 2.24) is 0 Å². The summed E-state index contributed by atoms with van der Waals surface area (Å²) in [4.78, 5) is 0. The Morgan fingerprint density at radius 1 is 0.485 bits per heavy atom. The highest BCUT2D eigenvalue weighted by Gasteiger charge is 2.08. The van der Waals surface area contributed by atoms with Gasteiger partial charge in [-0.15, -0.1) is 0 Å². The summed E-state index contributed by atoms with van der Waals surface area (Å²) in [6.07, 6.45) is 0.913. The second-order valence-corrected chi connectivity index (χ2v) is 8.41. The number of rotatable bonds is 6. The van der Waals surface area contributed by atoms with Gasteiger partial charge in [-0.3, -0.25) is 0 Å². The third kappa shape index (κ3) is 4.88. The molecule has 0 aliphatic carbocycles. The van der Waals surface area contributed by atoms with Gasteiger partial charge >= 0.3 is 0 Å². The Labute approximate surface area is 196 Å². The molecule has 0 saturated carbocycles. The fourth-order valence-electron chi connectivity index (χ4n) is 4.28. The van der Waals surface area contributed by atoms with Gasteiger partial charge in [-0.2, -0.15) is 0 Å². The highest BCUT2D eigenvalue weighted by molar-refractivity contribution is 5.71. The Bertz CT molecular complexity index is 1330. The minimum atomic E-state index is 0.913. The SMILES string of the molecule is Cc1ccccc1-c1ccccc1Cc1ccc(Nc2ccc(-c3ccccc3)cc2)cc1. The average molecular weight is 426 g/mol. The summed E-state index contributed by atoms with van der Waals surface area (Å²) < 4.78 is 0. The first-order valence-electron chi connectivity index (χ1n) is 11.4. The highest BCUT2D eigenvalue weighted by Crippen LogP contribution is 2.29. The molecule has 160 valence electrons. The van der Waals surface area contributed by atoms with E-state index in [-0.39, 0.29) is 0 Å². The molecule has 0 aromatic heterocycles. The van der Waals surface area contributed by atoms with Gasteiger partial charge in [-0.25, -0.2) is 0 Å². The van der Waals surface area contributed by atoms with Crippen LogP contribution in [-0.4, -0.2) is 0 Å². The quantitative estimate of drug-likeness (QED) is 0.287. The molecule has 5 aromatic carbocycles. The van der Waals surface area contributed by atoms with Gasteiger partial charge in [0, 0.05) is 11.4 Å². The lowest BCUT2D eigenvalue weighted by Crippen LogP contribution is -1.95. The van der Waals surface area contributed by atoms with Crippen molar-refractivity contribution in [3.63, 3.8) is 0 Å². The second kappa shape index (κ2) is 9.58. The summed E-state index contributed by atoms with van der Waals surface area (Å²) in [5, 5.41) is 3.52. The molecule has 0 radical (unpaired) electrons. The smallest absolute Gasteiger partial charge is 0.0384 e. The fourth-order valence-corrected chi connectivity index (χ4v) is 4.28. The van der Waals surface area contributed by atoms with Gasteiger partial charge in [-0.1, -0.05) is 103 Å². The summed E-state index contributed by atoms with van der Waals surface area (Å²) >= 11 is 0. The van der Waals surface area contributed by atoms with Crippen LogP contribution in [0.4, 0.5) is 11.4 Å². The van der Waals surface area contributed by atoms with E-state index in [9.17, 15) is 0 Å². The number of aryl methyl sites for hydroxylation is 1. The van der Waals surface area contributed by atoms with Gasteiger partial charge in [0.15, 0.2) is 0 Å². The lowest BCUT2D eigenvalue weighted by molar-refractivity contribution is 1.19. The Hall–Kier alpha value is -4.10. The summed E-state index contributed by atoms with van der Waals surface area (Å²) in [7, 11) is 0. The Kier molecular flexibility index (Phi) is 6.04. The van der Waals surface area contributed by atoms with E-state index < -0.39 is 0 Å². The lowest BCUT2D eigenvalue weighted by Gasteiger charge is -2.13. The van der Waals surface area contributed by atoms with Crippen LogP contribution in [0.1, 0.15) is 16.7 Å². The van der Waals surface area contributed by atoms with E-state index in [1.807, 2.05) is 6.07 Å². The van der Waals surface area contributed by atoms with E-state index in [0.29, 0.717) is 0 Å². The molecule has 1 nitrogen and oxygen atoms in total. The van der Waals surface area contributed by atoms with Gasteiger partial charge in [0.1, 0.15) is 0 Å². The van der Waals surface area contributed by atoms with Crippen molar-refractivity contribution >= 4 is 11.4 Å². The van der Waals surface area contributed by atoms with Gasteiger partial charge in [0.2, 0.25) is 0 Å². The lowest BCUT2D eigenvalue weighted by atomic mass is 9.92. The second-order valence-electron chi connectivity index (χ2n) is 8.41. The monoisotopic (exact) mass is 425 g/mol. The molecule has 0 aliphatic heterocycles. The first-order valence-corrected chi connectivity index (χ1v) is 11.4. The van der Waals surface area contributed by atoms with Crippen molar-refractivity contribution in [2.45, 2.75) is 13.3 Å². The topological polar surface area (TPSA) is 12.0 Å². The third-order valence-corrected chi connectivity index (χ3v) is 6.08. The van der Waals surface area contributed by atoms with Gasteiger partial charge in [0.05, 0.1) is 0 Å². The molecule has 0 aliphatic rings. The van der Waals surface area contributed by atoms with Crippen LogP contribution in [0.5, 0.6) is 0 Å². The van der Waals surface area contributed by atoms with Crippen LogP contribution in [0.25, 0.3) is 22.3 Å². The Balaban J connectivity index is 1.30. The third-order valence-electron chi connectivity index (χ3n) is 6.08. The van der Waals surface area contributed by atoms with Crippen molar-refractivity contribution in [3.8, 4) is 22.3 Å². The predicted molar refractivity (Wildman–Crippen MR) is 141 cm³/mol. The Morgan fingerprint density at radius 3 is 1.73 bits per heavy atom. The summed E-state index contributed by atoms with van der Waals surface area (Å²) in [6.45, 7) is 2.18. The van der Waals surface area contributed by atoms with Crippen LogP contribution in [0.2, 0.25) is 0 Å². The Morgan fingerprint density at radius 2 is 1.03 bits per heavy atom. The maximum atomic E-state index is 3.52. The zero-order chi connectivity index (χ0) is 22.5. The molecule has 0 saturated heterocycles. The van der Waals surface area contributed by atoms with Crippen LogP contribution < -0.4 is 5.32 Å². The maximum absolute atomic E-state index is 3.52. The molecule has 0 unspecified atom stereocenters. The first-order chi connectivity index (χ1) is 16.3. The van der Waals surface area contributed by atoms with Crippen LogP contribution in [0.3, 0.4) is 0 Å². The number of nitrogens with one attached hydrogen (secondary N) is 1. The molecule has 0 heterocycles. The number of hydrogen-bond acceptors (Lipinski definition) is 1. The molecule has 1 heteroatoms. The average Bonchev–Trinajstić information content (AvgIpc) is 2.87. The van der Waals surface area contributed by atoms with Crippen LogP contribution >= 0.6 is 0 Å². The zero-order valence-electron chi connectivity index (χ0n) is 18.8. The number of benzene rings is 5. The first kappa shape index (κ1) is 20.8. The summed E-state index contributed by atoms with van der Waals surface area (Å²) in [6, 6.07) is 45.1. The van der Waals surface area contributed by atoms with Crippen LogP contribution in [0, 0.1) is 6.92 Å². The van der Waals surface area contributed by atoms with Gasteiger partial charge < -0.3 is 5.32 Å². The molecule has 0 fully saturated rings. The van der Waals surface area contributed by atoms with E-state index in [1.165, 1.54) is 38.9 Å². The van der Waals surface area contributed by atoms with Gasteiger partial charge in [0.25, 0.3) is 0 Å². The molecule has 33 heavy (non-hydrogen) atoms. The van der Waals surface area contributed by atoms with E-state index >= 15 is 0 Å². The zero-order valence-corrected chi connectivity index (χ0v) is 18.8. The summed E-state index contributed by atoms with van der Waals surface area (Å²) in [5.74, 6) is 0. The minimum absolute atomic E-state index is 0.913. The van der Waals surface area contributed by atoms with E-state index in [4.69, 9.17) is 0 Å². The molecular weight excluding hydrogens is 398 g/mol. The highest BCUT2D eigenvalue weighted by atomic mass is 14.9. The van der Waals surface area contributed by atoms with Crippen molar-refractivity contribution in [1.29, 1.82) is 0 Å². The largest absolute Gasteiger partial charge is 0.356 e. The maximum Gasteiger partial charge on any atom is 0.0384 e. The molecule has 5 rings (SSSR count). The van der Waals surface area contributed by atoms with Crippen LogP contribution in [0.15, 0.2) is 127 Å². The van der Waals surface area contributed by atoms with E-state index in [0.717, 1.165) is 17.8 Å². The molecule has 0 atom stereocenters. The van der Waals surface area contributed by atoms with Crippen LogP contribution in [-0.2, 0) is 6.42 Å². The standard InChI is InChI=1S/C32H27N/c1-24-9-5-7-13-31(24)32-14-8-6-12-28(32)23-25-15-19-29(20-16-25)33-30-21-17-27(18-22-30)26-10-3-2-4-11-26/h2-22,33H,23H2,1H3. The predicted octanol–water partition coefficient (Wildman–Crippen LogP) is 8.66. The molecule has 5 aromatic rings. The van der Waals surface area contributed by atoms with Crippen molar-refractivity contribution in [3.05, 3.63) is 144 Å². The molecule has 0 bridgehead atoms. The normalized spacial score (nSPS) is 10.7. The number of anilines is 2. The molecular formula is C32H27N. The van der Waals surface area contributed by atoms with E-state index in [2.05, 4.69) is 134 Å². The van der Waals surface area contributed by atoms with Crippen molar-refractivity contribution < 1.29 is 0 Å². The van der Waals surface area contributed by atoms with Crippen molar-refractivity contribution in [2.75, 3.05) is 5.32 Å². The molecule has 1 N–H and O–H groups in total.